The first-order valence-corrected chi connectivity index (χ1v) is 6.93. The monoisotopic (exact) mass is 288 g/mol. The van der Waals surface area contributed by atoms with Crippen LogP contribution in [-0.2, 0) is 6.54 Å². The van der Waals surface area contributed by atoms with Crippen LogP contribution in [0.5, 0.6) is 6.01 Å². The van der Waals surface area contributed by atoms with Crippen molar-refractivity contribution < 1.29 is 4.74 Å². The Balaban J connectivity index is 2.09. The van der Waals surface area contributed by atoms with E-state index in [4.69, 9.17) is 4.74 Å². The van der Waals surface area contributed by atoms with E-state index in [-0.39, 0.29) is 0 Å². The molecule has 7 nitrogen and oxygen atoms in total. The van der Waals surface area contributed by atoms with Crippen LogP contribution in [0.4, 0.5) is 11.9 Å². The van der Waals surface area contributed by atoms with E-state index in [0.29, 0.717) is 31.1 Å². The summed E-state index contributed by atoms with van der Waals surface area (Å²) in [5, 5.41) is 6.07. The van der Waals surface area contributed by atoms with Gasteiger partial charge in [0.25, 0.3) is 0 Å². The molecule has 0 aromatic carbocycles. The van der Waals surface area contributed by atoms with E-state index in [1.165, 1.54) is 5.56 Å². The van der Waals surface area contributed by atoms with Crippen molar-refractivity contribution in [3.05, 3.63) is 29.6 Å². The van der Waals surface area contributed by atoms with Crippen molar-refractivity contribution in [2.24, 2.45) is 0 Å². The van der Waals surface area contributed by atoms with Gasteiger partial charge >= 0.3 is 6.01 Å². The minimum atomic E-state index is 0.321. The molecule has 0 aliphatic rings. The standard InChI is InChI=1S/C14H20N6O/c1-4-7-21-14-19-12(15-3)18-13(20-14)17-9-11-8-16-6-5-10(11)2/h5-6,8H,4,7,9H2,1-3H3,(H2,15,17,18,19,20). The topological polar surface area (TPSA) is 84.9 Å². The van der Waals surface area contributed by atoms with Gasteiger partial charge in [-0.05, 0) is 30.5 Å². The number of rotatable bonds is 7. The smallest absolute Gasteiger partial charge is 0.323 e. The van der Waals surface area contributed by atoms with Gasteiger partial charge in [-0.25, -0.2) is 0 Å². The molecule has 0 saturated carbocycles. The van der Waals surface area contributed by atoms with Gasteiger partial charge in [0.2, 0.25) is 11.9 Å². The van der Waals surface area contributed by atoms with E-state index in [0.717, 1.165) is 12.0 Å². The summed E-state index contributed by atoms with van der Waals surface area (Å²) in [6.07, 6.45) is 4.51. The van der Waals surface area contributed by atoms with Crippen molar-refractivity contribution in [1.82, 2.24) is 19.9 Å². The van der Waals surface area contributed by atoms with Gasteiger partial charge in [0, 0.05) is 26.0 Å². The van der Waals surface area contributed by atoms with Crippen molar-refractivity contribution in [2.75, 3.05) is 24.3 Å². The number of pyridine rings is 1. The Labute approximate surface area is 124 Å². The highest BCUT2D eigenvalue weighted by atomic mass is 16.5. The van der Waals surface area contributed by atoms with E-state index in [2.05, 4.69) is 30.6 Å². The molecule has 2 heterocycles. The number of aryl methyl sites for hydroxylation is 1. The van der Waals surface area contributed by atoms with Crippen molar-refractivity contribution in [3.63, 3.8) is 0 Å². The van der Waals surface area contributed by atoms with Gasteiger partial charge in [0.1, 0.15) is 0 Å². The van der Waals surface area contributed by atoms with Crippen LogP contribution in [0.1, 0.15) is 24.5 Å². The maximum atomic E-state index is 5.46. The molecule has 2 aromatic heterocycles. The minimum absolute atomic E-state index is 0.321. The largest absolute Gasteiger partial charge is 0.463 e. The molecule has 0 atom stereocenters. The zero-order chi connectivity index (χ0) is 15.1. The lowest BCUT2D eigenvalue weighted by atomic mass is 10.2. The average molecular weight is 288 g/mol. The van der Waals surface area contributed by atoms with Crippen LogP contribution in [-0.4, -0.2) is 33.6 Å². The molecule has 2 rings (SSSR count). The maximum absolute atomic E-state index is 5.46. The Bertz CT molecular complexity index is 589. The van der Waals surface area contributed by atoms with E-state index < -0.39 is 0 Å². The molecule has 0 amide bonds. The summed E-state index contributed by atoms with van der Waals surface area (Å²) in [7, 11) is 1.76. The summed E-state index contributed by atoms with van der Waals surface area (Å²) >= 11 is 0. The number of anilines is 2. The summed E-state index contributed by atoms with van der Waals surface area (Å²) < 4.78 is 5.46. The van der Waals surface area contributed by atoms with Gasteiger partial charge in [0.05, 0.1) is 6.61 Å². The SMILES string of the molecule is CCCOc1nc(NC)nc(NCc2cnccc2C)n1. The minimum Gasteiger partial charge on any atom is -0.463 e. The van der Waals surface area contributed by atoms with Gasteiger partial charge in [0.15, 0.2) is 0 Å². The van der Waals surface area contributed by atoms with Crippen LogP contribution in [0, 0.1) is 6.92 Å². The van der Waals surface area contributed by atoms with Gasteiger partial charge in [-0.2, -0.15) is 15.0 Å². The quantitative estimate of drug-likeness (QED) is 0.806. The Hall–Kier alpha value is -2.44. The van der Waals surface area contributed by atoms with Gasteiger partial charge in [-0.15, -0.1) is 0 Å². The molecule has 0 saturated heterocycles. The highest BCUT2D eigenvalue weighted by molar-refractivity contribution is 5.36. The second-order valence-electron chi connectivity index (χ2n) is 4.52. The molecule has 0 fully saturated rings. The van der Waals surface area contributed by atoms with Crippen LogP contribution in [0.25, 0.3) is 0 Å². The zero-order valence-electron chi connectivity index (χ0n) is 12.6. The van der Waals surface area contributed by atoms with E-state index in [9.17, 15) is 0 Å². The van der Waals surface area contributed by atoms with E-state index in [1.54, 1.807) is 13.2 Å². The highest BCUT2D eigenvalue weighted by Gasteiger charge is 2.07. The van der Waals surface area contributed by atoms with Crippen molar-refractivity contribution in [1.29, 1.82) is 0 Å². The third-order valence-electron chi connectivity index (χ3n) is 2.86. The van der Waals surface area contributed by atoms with Crippen LogP contribution < -0.4 is 15.4 Å². The normalized spacial score (nSPS) is 10.2. The lowest BCUT2D eigenvalue weighted by Crippen LogP contribution is -2.10. The molecule has 0 aliphatic heterocycles. The molecule has 2 N–H and O–H groups in total. The van der Waals surface area contributed by atoms with Crippen molar-refractivity contribution >= 4 is 11.9 Å². The Morgan fingerprint density at radius 2 is 2.00 bits per heavy atom. The number of hydrogen-bond donors (Lipinski definition) is 2. The lowest BCUT2D eigenvalue weighted by Gasteiger charge is -2.10. The Kier molecular flexibility index (Phi) is 5.25. The number of aromatic nitrogens is 4. The molecular formula is C14H20N6O. The molecule has 0 unspecified atom stereocenters. The second kappa shape index (κ2) is 7.37. The average Bonchev–Trinajstić information content (AvgIpc) is 2.52. The summed E-state index contributed by atoms with van der Waals surface area (Å²) in [5.41, 5.74) is 2.27. The van der Waals surface area contributed by atoms with Gasteiger partial charge in [-0.3, -0.25) is 4.98 Å². The molecule has 0 spiro atoms. The third kappa shape index (κ3) is 4.27. The summed E-state index contributed by atoms with van der Waals surface area (Å²) in [4.78, 5) is 16.8. The second-order valence-corrected chi connectivity index (χ2v) is 4.52. The fourth-order valence-corrected chi connectivity index (χ4v) is 1.66. The molecule has 112 valence electrons. The Morgan fingerprint density at radius 3 is 2.71 bits per heavy atom. The first-order valence-electron chi connectivity index (χ1n) is 6.93. The molecule has 0 bridgehead atoms. The van der Waals surface area contributed by atoms with Crippen LogP contribution in [0.15, 0.2) is 18.5 Å². The fraction of sp³-hybridized carbons (Fsp3) is 0.429. The molecule has 0 aliphatic carbocycles. The third-order valence-corrected chi connectivity index (χ3v) is 2.86. The van der Waals surface area contributed by atoms with Gasteiger partial charge in [-0.1, -0.05) is 6.92 Å². The number of hydrogen-bond acceptors (Lipinski definition) is 7. The first kappa shape index (κ1) is 15.0. The summed E-state index contributed by atoms with van der Waals surface area (Å²) in [6, 6.07) is 2.29. The molecule has 0 radical (unpaired) electrons. The van der Waals surface area contributed by atoms with Crippen molar-refractivity contribution in [2.45, 2.75) is 26.8 Å². The first-order chi connectivity index (χ1) is 10.2. The fourth-order valence-electron chi connectivity index (χ4n) is 1.66. The molecular weight excluding hydrogens is 268 g/mol. The summed E-state index contributed by atoms with van der Waals surface area (Å²) in [6.45, 7) is 5.25. The number of ether oxygens (including phenoxy) is 1. The predicted octanol–water partition coefficient (Wildman–Crippen LogP) is 2.02. The van der Waals surface area contributed by atoms with Gasteiger partial charge < -0.3 is 15.4 Å². The molecule has 2 aromatic rings. The molecule has 21 heavy (non-hydrogen) atoms. The lowest BCUT2D eigenvalue weighted by molar-refractivity contribution is 0.292. The summed E-state index contributed by atoms with van der Waals surface area (Å²) in [5.74, 6) is 0.949. The maximum Gasteiger partial charge on any atom is 0.323 e. The van der Waals surface area contributed by atoms with E-state index >= 15 is 0 Å². The van der Waals surface area contributed by atoms with E-state index in [1.807, 2.05) is 26.1 Å². The van der Waals surface area contributed by atoms with Crippen LogP contribution in [0.2, 0.25) is 0 Å². The number of nitrogens with zero attached hydrogens (tertiary/aromatic N) is 4. The van der Waals surface area contributed by atoms with Crippen LogP contribution in [0.3, 0.4) is 0 Å². The zero-order valence-corrected chi connectivity index (χ0v) is 12.6. The van der Waals surface area contributed by atoms with Crippen LogP contribution >= 0.6 is 0 Å². The van der Waals surface area contributed by atoms with Crippen molar-refractivity contribution in [3.8, 4) is 6.01 Å². The number of nitrogens with one attached hydrogen (secondary N) is 2. The highest BCUT2D eigenvalue weighted by Crippen LogP contribution is 2.13. The Morgan fingerprint density at radius 1 is 1.19 bits per heavy atom. The predicted molar refractivity (Wildman–Crippen MR) is 81.5 cm³/mol. The molecule has 7 heteroatoms.